The first-order chi connectivity index (χ1) is 10.1. The van der Waals surface area contributed by atoms with Crippen molar-refractivity contribution >= 4 is 5.91 Å². The highest BCUT2D eigenvalue weighted by atomic mass is 16.5. The summed E-state index contributed by atoms with van der Waals surface area (Å²) in [5.74, 6) is 1.01. The summed E-state index contributed by atoms with van der Waals surface area (Å²) in [7, 11) is 0. The lowest BCUT2D eigenvalue weighted by atomic mass is 9.91. The van der Waals surface area contributed by atoms with Crippen LogP contribution in [0.2, 0.25) is 0 Å². The Hall–Kier alpha value is -2.24. The smallest absolute Gasteiger partial charge is 0.219 e. The minimum absolute atomic E-state index is 0.116. The highest BCUT2D eigenvalue weighted by Gasteiger charge is 2.27. The predicted octanol–water partition coefficient (Wildman–Crippen LogP) is 2.17. The van der Waals surface area contributed by atoms with Gasteiger partial charge < -0.3 is 9.42 Å². The number of carbonyl (C=O) groups is 1. The topological polar surface area (TPSA) is 72.1 Å². The Bertz CT molecular complexity index is 653. The van der Waals surface area contributed by atoms with E-state index in [0.717, 1.165) is 36.3 Å². The molecule has 0 saturated carbocycles. The van der Waals surface area contributed by atoms with E-state index >= 15 is 0 Å². The van der Waals surface area contributed by atoms with E-state index in [1.165, 1.54) is 0 Å². The van der Waals surface area contributed by atoms with Crippen molar-refractivity contribution < 1.29 is 9.32 Å². The number of piperidine rings is 1. The largest absolute Gasteiger partial charge is 0.356 e. The van der Waals surface area contributed by atoms with Crippen molar-refractivity contribution in [3.8, 4) is 11.3 Å². The van der Waals surface area contributed by atoms with Crippen LogP contribution in [0.5, 0.6) is 0 Å². The second kappa shape index (κ2) is 5.63. The number of likely N-dealkylation sites (tertiary alicyclic amines) is 1. The molecule has 1 aliphatic rings. The molecule has 3 rings (SSSR count). The molecule has 0 aliphatic carbocycles. The van der Waals surface area contributed by atoms with Gasteiger partial charge in [0.15, 0.2) is 5.76 Å². The van der Waals surface area contributed by atoms with Crippen molar-refractivity contribution in [3.63, 3.8) is 0 Å². The highest BCUT2D eigenvalue weighted by Crippen LogP contribution is 2.32. The number of carbonyl (C=O) groups excluding carboxylic acids is 1. The third-order valence-corrected chi connectivity index (χ3v) is 3.89. The summed E-state index contributed by atoms with van der Waals surface area (Å²) in [5.41, 5.74) is 2.63. The zero-order valence-corrected chi connectivity index (χ0v) is 12.2. The Labute approximate surface area is 123 Å². The molecule has 3 heterocycles. The standard InChI is InChI=1S/C15H18N4O2/c1-10-6-14(21-18-10)13-7-16-9-17-15(13)12-4-3-5-19(8-12)11(2)20/h6-7,9,12H,3-5,8H2,1-2H3. The fraction of sp³-hybridized carbons (Fsp3) is 0.467. The number of aryl methyl sites for hydroxylation is 1. The molecule has 110 valence electrons. The Balaban J connectivity index is 1.93. The molecule has 1 aliphatic heterocycles. The van der Waals surface area contributed by atoms with Gasteiger partial charge in [-0.25, -0.2) is 9.97 Å². The molecule has 2 aromatic heterocycles. The van der Waals surface area contributed by atoms with Crippen LogP contribution >= 0.6 is 0 Å². The zero-order valence-electron chi connectivity index (χ0n) is 12.2. The van der Waals surface area contributed by atoms with E-state index < -0.39 is 0 Å². The van der Waals surface area contributed by atoms with Crippen LogP contribution in [0, 0.1) is 6.92 Å². The summed E-state index contributed by atoms with van der Waals surface area (Å²) in [6, 6.07) is 1.88. The van der Waals surface area contributed by atoms with Gasteiger partial charge in [-0.15, -0.1) is 0 Å². The molecular formula is C15H18N4O2. The fourth-order valence-corrected chi connectivity index (χ4v) is 2.83. The normalized spacial score (nSPS) is 18.8. The summed E-state index contributed by atoms with van der Waals surface area (Å²) in [5, 5.41) is 3.93. The minimum Gasteiger partial charge on any atom is -0.356 e. The van der Waals surface area contributed by atoms with Crippen LogP contribution in [0.3, 0.4) is 0 Å². The van der Waals surface area contributed by atoms with Gasteiger partial charge in [-0.3, -0.25) is 4.79 Å². The molecule has 6 heteroatoms. The number of amides is 1. The van der Waals surface area contributed by atoms with E-state index in [4.69, 9.17) is 4.52 Å². The van der Waals surface area contributed by atoms with Crippen LogP contribution < -0.4 is 0 Å². The van der Waals surface area contributed by atoms with Gasteiger partial charge in [0.25, 0.3) is 0 Å². The monoisotopic (exact) mass is 286 g/mol. The van der Waals surface area contributed by atoms with Crippen molar-refractivity contribution in [1.82, 2.24) is 20.0 Å². The predicted molar refractivity (Wildman–Crippen MR) is 76.5 cm³/mol. The first-order valence-corrected chi connectivity index (χ1v) is 7.14. The summed E-state index contributed by atoms with van der Waals surface area (Å²) in [4.78, 5) is 22.0. The van der Waals surface area contributed by atoms with Crippen LogP contribution in [0.4, 0.5) is 0 Å². The Morgan fingerprint density at radius 1 is 1.48 bits per heavy atom. The van der Waals surface area contributed by atoms with Crippen molar-refractivity contribution in [1.29, 1.82) is 0 Å². The minimum atomic E-state index is 0.116. The molecule has 21 heavy (non-hydrogen) atoms. The highest BCUT2D eigenvalue weighted by molar-refractivity contribution is 5.73. The molecule has 0 radical (unpaired) electrons. The van der Waals surface area contributed by atoms with Gasteiger partial charge in [-0.2, -0.15) is 0 Å². The summed E-state index contributed by atoms with van der Waals surface area (Å²) in [6.45, 7) is 5.03. The number of rotatable bonds is 2. The maximum absolute atomic E-state index is 11.6. The first-order valence-electron chi connectivity index (χ1n) is 7.14. The maximum atomic E-state index is 11.6. The first kappa shape index (κ1) is 13.7. The average molecular weight is 286 g/mol. The molecular weight excluding hydrogens is 268 g/mol. The van der Waals surface area contributed by atoms with Gasteiger partial charge in [0.05, 0.1) is 17.0 Å². The molecule has 1 atom stereocenters. The third-order valence-electron chi connectivity index (χ3n) is 3.89. The second-order valence-electron chi connectivity index (χ2n) is 5.46. The van der Waals surface area contributed by atoms with E-state index in [0.29, 0.717) is 12.3 Å². The van der Waals surface area contributed by atoms with Crippen molar-refractivity contribution in [2.75, 3.05) is 13.1 Å². The second-order valence-corrected chi connectivity index (χ2v) is 5.46. The van der Waals surface area contributed by atoms with Crippen LogP contribution in [-0.4, -0.2) is 39.0 Å². The molecule has 0 N–H and O–H groups in total. The Morgan fingerprint density at radius 2 is 2.33 bits per heavy atom. The maximum Gasteiger partial charge on any atom is 0.219 e. The van der Waals surface area contributed by atoms with Gasteiger partial charge in [-0.05, 0) is 19.8 Å². The average Bonchev–Trinajstić information content (AvgIpc) is 2.94. The number of aromatic nitrogens is 3. The fourth-order valence-electron chi connectivity index (χ4n) is 2.83. The van der Waals surface area contributed by atoms with Gasteiger partial charge in [0.1, 0.15) is 6.33 Å². The van der Waals surface area contributed by atoms with Crippen LogP contribution in [-0.2, 0) is 4.79 Å². The van der Waals surface area contributed by atoms with Crippen molar-refractivity contribution in [2.24, 2.45) is 0 Å². The Morgan fingerprint density at radius 3 is 3.05 bits per heavy atom. The lowest BCUT2D eigenvalue weighted by Crippen LogP contribution is -2.38. The van der Waals surface area contributed by atoms with E-state index in [9.17, 15) is 4.79 Å². The van der Waals surface area contributed by atoms with E-state index in [2.05, 4.69) is 15.1 Å². The van der Waals surface area contributed by atoms with Gasteiger partial charge in [0, 0.05) is 38.2 Å². The molecule has 0 spiro atoms. The SMILES string of the molecule is CC(=O)N1CCCC(c2ncncc2-c2cc(C)no2)C1. The molecule has 1 amide bonds. The van der Waals surface area contributed by atoms with Crippen LogP contribution in [0.15, 0.2) is 23.1 Å². The lowest BCUT2D eigenvalue weighted by molar-refractivity contribution is -0.130. The summed E-state index contributed by atoms with van der Waals surface area (Å²) >= 11 is 0. The summed E-state index contributed by atoms with van der Waals surface area (Å²) < 4.78 is 5.35. The zero-order chi connectivity index (χ0) is 14.8. The lowest BCUT2D eigenvalue weighted by Gasteiger charge is -2.32. The van der Waals surface area contributed by atoms with Gasteiger partial charge in [-0.1, -0.05) is 5.16 Å². The summed E-state index contributed by atoms with van der Waals surface area (Å²) in [6.07, 6.45) is 5.31. The van der Waals surface area contributed by atoms with Crippen LogP contribution in [0.1, 0.15) is 37.1 Å². The van der Waals surface area contributed by atoms with Gasteiger partial charge >= 0.3 is 0 Å². The number of hydrogen-bond acceptors (Lipinski definition) is 5. The van der Waals surface area contributed by atoms with E-state index in [1.807, 2.05) is 17.9 Å². The van der Waals surface area contributed by atoms with Gasteiger partial charge in [0.2, 0.25) is 5.91 Å². The van der Waals surface area contributed by atoms with Crippen molar-refractivity contribution in [2.45, 2.75) is 32.6 Å². The Kier molecular flexibility index (Phi) is 3.68. The molecule has 0 aromatic carbocycles. The molecule has 0 bridgehead atoms. The number of hydrogen-bond donors (Lipinski definition) is 0. The molecule has 1 saturated heterocycles. The number of nitrogens with zero attached hydrogens (tertiary/aromatic N) is 4. The third kappa shape index (κ3) is 2.79. The van der Waals surface area contributed by atoms with Crippen molar-refractivity contribution in [3.05, 3.63) is 30.0 Å². The van der Waals surface area contributed by atoms with E-state index in [-0.39, 0.29) is 11.8 Å². The van der Waals surface area contributed by atoms with E-state index in [1.54, 1.807) is 19.4 Å². The quantitative estimate of drug-likeness (QED) is 0.846. The molecule has 6 nitrogen and oxygen atoms in total. The molecule has 2 aromatic rings. The molecule has 1 fully saturated rings. The van der Waals surface area contributed by atoms with Crippen LogP contribution in [0.25, 0.3) is 11.3 Å². The molecule has 1 unspecified atom stereocenters.